The Morgan fingerprint density at radius 3 is 3.44 bits per heavy atom. The quantitative estimate of drug-likeness (QED) is 0.336. The van der Waals surface area contributed by atoms with Gasteiger partial charge in [-0.1, -0.05) is 5.11 Å². The smallest absolute Gasteiger partial charge is 0.122 e. The second-order valence-corrected chi connectivity index (χ2v) is 2.12. The number of hydrogen-bond donors (Lipinski definition) is 1. The molecule has 1 unspecified atom stereocenters. The predicted molar refractivity (Wildman–Crippen MR) is 35.0 cm³/mol. The predicted octanol–water partition coefficient (Wildman–Crippen LogP) is 1.05. The minimum atomic E-state index is 0.163. The third-order valence-corrected chi connectivity index (χ3v) is 1.44. The molecule has 0 saturated carbocycles. The van der Waals surface area contributed by atoms with Crippen molar-refractivity contribution in [2.24, 2.45) is 5.11 Å². The van der Waals surface area contributed by atoms with Gasteiger partial charge in [0.1, 0.15) is 1.41 Å². The lowest BCUT2D eigenvalue weighted by Gasteiger charge is -2.02. The Bertz CT molecular complexity index is 154. The van der Waals surface area contributed by atoms with Crippen LogP contribution >= 0.6 is 0 Å². The lowest BCUT2D eigenvalue weighted by molar-refractivity contribution is 0.615. The maximum Gasteiger partial charge on any atom is 0.122 e. The van der Waals surface area contributed by atoms with Crippen molar-refractivity contribution in [3.05, 3.63) is 10.4 Å². The first-order chi connectivity index (χ1) is 4.84. The summed E-state index contributed by atoms with van der Waals surface area (Å²) in [7, 11) is 0. The molecule has 1 aliphatic rings. The molecular weight excluding hydrogens is 116 g/mol. The number of rotatable bonds is 2. The van der Waals surface area contributed by atoms with Crippen LogP contribution in [-0.4, -0.2) is 19.1 Å². The lowest BCUT2D eigenvalue weighted by atomic mass is 10.2. The van der Waals surface area contributed by atoms with E-state index in [2.05, 4.69) is 10.0 Å². The minimum Gasteiger partial charge on any atom is -0.314 e. The minimum absolute atomic E-state index is 0.163. The molecule has 0 aromatic carbocycles. The van der Waals surface area contributed by atoms with Gasteiger partial charge in [-0.25, -0.2) is 0 Å². The van der Waals surface area contributed by atoms with Crippen LogP contribution in [0.5, 0.6) is 0 Å². The van der Waals surface area contributed by atoms with E-state index in [1.807, 2.05) is 0 Å². The molecule has 1 N–H and O–H groups in total. The highest BCUT2D eigenvalue weighted by Crippen LogP contribution is 2.04. The average molecular weight is 127 g/mol. The van der Waals surface area contributed by atoms with Gasteiger partial charge in [-0.15, -0.1) is 0 Å². The van der Waals surface area contributed by atoms with E-state index in [0.29, 0.717) is 6.54 Å². The van der Waals surface area contributed by atoms with Crippen LogP contribution in [0.15, 0.2) is 5.11 Å². The molecule has 0 aromatic heterocycles. The third kappa shape index (κ3) is 1.91. The number of nitrogens with zero attached hydrogens (tertiary/aromatic N) is 3. The fraction of sp³-hybridized carbons (Fsp3) is 1.00. The Morgan fingerprint density at radius 1 is 2.00 bits per heavy atom. The molecule has 4 heteroatoms. The van der Waals surface area contributed by atoms with Crippen LogP contribution in [0.3, 0.4) is 0 Å². The van der Waals surface area contributed by atoms with Crippen molar-refractivity contribution >= 4 is 0 Å². The number of azide groups is 1. The second-order valence-electron chi connectivity index (χ2n) is 2.12. The van der Waals surface area contributed by atoms with E-state index in [1.165, 1.54) is 5.31 Å². The number of nitrogens with one attached hydrogen (secondary N) is 1. The van der Waals surface area contributed by atoms with Gasteiger partial charge in [-0.2, -0.15) is 0 Å². The van der Waals surface area contributed by atoms with E-state index in [4.69, 9.17) is 6.94 Å². The molecule has 0 radical (unpaired) electrons. The Labute approximate surface area is 55.3 Å². The zero-order valence-electron chi connectivity index (χ0n) is 6.19. The normalized spacial score (nSPS) is 29.3. The summed E-state index contributed by atoms with van der Waals surface area (Å²) in [4.78, 5) is 2.65. The first-order valence-electron chi connectivity index (χ1n) is 3.55. The van der Waals surface area contributed by atoms with Crippen LogP contribution in [-0.2, 0) is 0 Å². The number of hydrogen-bond acceptors (Lipinski definition) is 2. The summed E-state index contributed by atoms with van der Waals surface area (Å²) in [5.74, 6) is 0. The van der Waals surface area contributed by atoms with E-state index in [-0.39, 0.29) is 6.04 Å². The summed E-state index contributed by atoms with van der Waals surface area (Å²) in [6.45, 7) is 1.26. The van der Waals surface area contributed by atoms with Crippen LogP contribution in [0, 0.1) is 0 Å². The van der Waals surface area contributed by atoms with Gasteiger partial charge < -0.3 is 5.31 Å². The lowest BCUT2D eigenvalue weighted by Crippen LogP contribution is -2.23. The van der Waals surface area contributed by atoms with E-state index >= 15 is 0 Å². The summed E-state index contributed by atoms with van der Waals surface area (Å²) < 4.78 is 7.32. The fourth-order valence-corrected chi connectivity index (χ4v) is 0.972. The van der Waals surface area contributed by atoms with Gasteiger partial charge >= 0.3 is 0 Å². The van der Waals surface area contributed by atoms with Gasteiger partial charge in [0.2, 0.25) is 0 Å². The summed E-state index contributed by atoms with van der Waals surface area (Å²) in [5.41, 5.74) is 7.99. The van der Waals surface area contributed by atoms with Crippen LogP contribution < -0.4 is 5.31 Å². The van der Waals surface area contributed by atoms with E-state index in [9.17, 15) is 0 Å². The SMILES string of the molecule is [2H]N1CCCC1CN=[N+]=[N-]. The van der Waals surface area contributed by atoms with Crippen molar-refractivity contribution in [3.8, 4) is 0 Å². The Hall–Kier alpha value is -0.730. The fourth-order valence-electron chi connectivity index (χ4n) is 0.972. The Kier molecular flexibility index (Phi) is 1.88. The monoisotopic (exact) mass is 127 g/mol. The van der Waals surface area contributed by atoms with Crippen molar-refractivity contribution in [1.82, 2.24) is 5.31 Å². The molecule has 1 aliphatic heterocycles. The summed E-state index contributed by atoms with van der Waals surface area (Å²) in [6, 6.07) is 0.163. The highest BCUT2D eigenvalue weighted by Gasteiger charge is 2.11. The van der Waals surface area contributed by atoms with Crippen LogP contribution in [0.4, 0.5) is 0 Å². The first kappa shape index (κ1) is 5.09. The van der Waals surface area contributed by atoms with Crippen molar-refractivity contribution in [2.45, 2.75) is 18.9 Å². The van der Waals surface area contributed by atoms with Crippen LogP contribution in [0.25, 0.3) is 10.4 Å². The average Bonchev–Trinajstić information content (AvgIpc) is 2.31. The van der Waals surface area contributed by atoms with Crippen LogP contribution in [0.2, 0.25) is 1.41 Å². The second kappa shape index (κ2) is 3.33. The molecule has 1 saturated heterocycles. The van der Waals surface area contributed by atoms with E-state index in [1.54, 1.807) is 0 Å². The standard InChI is InChI=1S/C5H10N4/c6-9-8-4-5-2-1-3-7-5/h5,7H,1-4H2/i/hD. The van der Waals surface area contributed by atoms with Crippen molar-refractivity contribution < 1.29 is 1.41 Å². The molecule has 1 atom stereocenters. The molecule has 1 heterocycles. The van der Waals surface area contributed by atoms with Gasteiger partial charge in [0.05, 0.1) is 0 Å². The molecule has 0 bridgehead atoms. The molecule has 9 heavy (non-hydrogen) atoms. The molecule has 50 valence electrons. The topological polar surface area (TPSA) is 60.8 Å². The van der Waals surface area contributed by atoms with Gasteiger partial charge in [-0.3, -0.25) is 0 Å². The van der Waals surface area contributed by atoms with Crippen molar-refractivity contribution in [2.75, 3.05) is 13.1 Å². The molecule has 0 aliphatic carbocycles. The summed E-state index contributed by atoms with van der Waals surface area (Å²) >= 11 is 0. The van der Waals surface area contributed by atoms with Gasteiger partial charge in [0.15, 0.2) is 0 Å². The van der Waals surface area contributed by atoms with E-state index in [0.717, 1.165) is 19.4 Å². The van der Waals surface area contributed by atoms with Gasteiger partial charge in [0.25, 0.3) is 0 Å². The Morgan fingerprint density at radius 2 is 2.89 bits per heavy atom. The molecule has 4 nitrogen and oxygen atoms in total. The molecule has 1 rings (SSSR count). The molecule has 0 amide bonds. The largest absolute Gasteiger partial charge is 0.314 e. The molecule has 0 spiro atoms. The Balaban J connectivity index is 2.32. The van der Waals surface area contributed by atoms with Crippen LogP contribution in [0.1, 0.15) is 12.8 Å². The molecule has 0 aromatic rings. The zero-order valence-corrected chi connectivity index (χ0v) is 5.19. The molecule has 1 fully saturated rings. The van der Waals surface area contributed by atoms with Crippen molar-refractivity contribution in [3.63, 3.8) is 0 Å². The highest BCUT2D eigenvalue weighted by molar-refractivity contribution is 4.75. The van der Waals surface area contributed by atoms with Gasteiger partial charge in [-0.05, 0) is 24.9 Å². The summed E-state index contributed by atoms with van der Waals surface area (Å²) in [5, 5.41) is 4.92. The van der Waals surface area contributed by atoms with Gasteiger partial charge in [0, 0.05) is 17.5 Å². The highest BCUT2D eigenvalue weighted by atomic mass is 15.1. The van der Waals surface area contributed by atoms with E-state index < -0.39 is 0 Å². The first-order valence-corrected chi connectivity index (χ1v) is 3.11. The molecular formula is C5H10N4. The van der Waals surface area contributed by atoms with Crippen molar-refractivity contribution in [1.29, 1.82) is 0 Å². The third-order valence-electron chi connectivity index (χ3n) is 1.44. The maximum atomic E-state index is 7.99. The maximum absolute atomic E-state index is 7.99. The summed E-state index contributed by atoms with van der Waals surface area (Å²) in [6.07, 6.45) is 2.04. The zero-order chi connectivity index (χ0) is 7.40.